The van der Waals surface area contributed by atoms with Crippen LogP contribution in [-0.2, 0) is 0 Å². The van der Waals surface area contributed by atoms with Gasteiger partial charge in [0, 0.05) is 6.07 Å². The third kappa shape index (κ3) is 2.81. The van der Waals surface area contributed by atoms with Gasteiger partial charge in [-0.15, -0.1) is 13.2 Å². The molecular weight excluding hydrogens is 192 g/mol. The Morgan fingerprint density at radius 3 is 2.38 bits per heavy atom. The highest BCUT2D eigenvalue weighted by atomic mass is 19.4. The van der Waals surface area contributed by atoms with Crippen molar-refractivity contribution < 1.29 is 27.4 Å². The molecule has 0 aliphatic carbocycles. The molecule has 0 heterocycles. The molecule has 0 unspecified atom stereocenters. The van der Waals surface area contributed by atoms with Crippen molar-refractivity contribution in [3.05, 3.63) is 24.0 Å². The van der Waals surface area contributed by atoms with Crippen molar-refractivity contribution in [2.75, 3.05) is 0 Å². The van der Waals surface area contributed by atoms with Gasteiger partial charge in [0.2, 0.25) is 0 Å². The summed E-state index contributed by atoms with van der Waals surface area (Å²) >= 11 is 0. The Labute approximate surface area is 70.4 Å². The standard InChI is InChI=1S/C7H4F4O2/c8-4-1-2-5(12)6(3-4)13-7(9,10)11/h1-3,12H. The van der Waals surface area contributed by atoms with Crippen molar-refractivity contribution in [1.82, 2.24) is 0 Å². The SMILES string of the molecule is Oc1ccc(F)cc1OC(F)(F)F. The molecule has 0 saturated heterocycles. The number of aromatic hydroxyl groups is 1. The second-order valence-electron chi connectivity index (χ2n) is 2.16. The lowest BCUT2D eigenvalue weighted by Crippen LogP contribution is -2.17. The van der Waals surface area contributed by atoms with E-state index in [1.165, 1.54) is 0 Å². The minimum atomic E-state index is -4.94. The molecule has 13 heavy (non-hydrogen) atoms. The first-order chi connectivity index (χ1) is 5.88. The molecule has 0 bridgehead atoms. The van der Waals surface area contributed by atoms with Gasteiger partial charge in [0.25, 0.3) is 0 Å². The minimum Gasteiger partial charge on any atom is -0.504 e. The van der Waals surface area contributed by atoms with Crippen molar-refractivity contribution in [2.45, 2.75) is 6.36 Å². The molecule has 0 spiro atoms. The highest BCUT2D eigenvalue weighted by Crippen LogP contribution is 2.31. The monoisotopic (exact) mass is 196 g/mol. The van der Waals surface area contributed by atoms with Gasteiger partial charge in [0.05, 0.1) is 0 Å². The Balaban J connectivity index is 2.94. The largest absolute Gasteiger partial charge is 0.573 e. The number of rotatable bonds is 1. The molecule has 0 aromatic heterocycles. The summed E-state index contributed by atoms with van der Waals surface area (Å²) in [6.45, 7) is 0. The summed E-state index contributed by atoms with van der Waals surface area (Å²) in [5.74, 6) is -2.64. The van der Waals surface area contributed by atoms with Gasteiger partial charge < -0.3 is 9.84 Å². The summed E-state index contributed by atoms with van der Waals surface area (Å²) in [5.41, 5.74) is 0. The van der Waals surface area contributed by atoms with Crippen LogP contribution >= 0.6 is 0 Å². The van der Waals surface area contributed by atoms with Crippen molar-refractivity contribution in [1.29, 1.82) is 0 Å². The van der Waals surface area contributed by atoms with Gasteiger partial charge >= 0.3 is 6.36 Å². The smallest absolute Gasteiger partial charge is 0.504 e. The van der Waals surface area contributed by atoms with Crippen LogP contribution in [0.3, 0.4) is 0 Å². The summed E-state index contributed by atoms with van der Waals surface area (Å²) in [7, 11) is 0. The molecule has 72 valence electrons. The molecule has 0 atom stereocenters. The Kier molecular flexibility index (Phi) is 2.31. The van der Waals surface area contributed by atoms with Crippen LogP contribution < -0.4 is 4.74 Å². The van der Waals surface area contributed by atoms with Crippen LogP contribution in [0.1, 0.15) is 0 Å². The highest BCUT2D eigenvalue weighted by Gasteiger charge is 2.32. The predicted octanol–water partition coefficient (Wildman–Crippen LogP) is 2.43. The number of alkyl halides is 3. The number of ether oxygens (including phenoxy) is 1. The van der Waals surface area contributed by atoms with Gasteiger partial charge in [0.1, 0.15) is 5.82 Å². The molecule has 0 aliphatic heterocycles. The minimum absolute atomic E-state index is 0.447. The van der Waals surface area contributed by atoms with E-state index in [4.69, 9.17) is 5.11 Å². The van der Waals surface area contributed by atoms with E-state index in [1.54, 1.807) is 0 Å². The topological polar surface area (TPSA) is 29.5 Å². The van der Waals surface area contributed by atoms with E-state index in [0.29, 0.717) is 6.07 Å². The van der Waals surface area contributed by atoms with Crippen LogP contribution in [0.2, 0.25) is 0 Å². The predicted molar refractivity (Wildman–Crippen MR) is 34.7 cm³/mol. The van der Waals surface area contributed by atoms with E-state index in [9.17, 15) is 17.6 Å². The molecule has 6 heteroatoms. The second-order valence-corrected chi connectivity index (χ2v) is 2.16. The third-order valence-electron chi connectivity index (χ3n) is 1.15. The summed E-state index contributed by atoms with van der Waals surface area (Å²) in [6, 6.07) is 2.04. The quantitative estimate of drug-likeness (QED) is 0.699. The first kappa shape index (κ1) is 9.63. The van der Waals surface area contributed by atoms with Crippen LogP contribution in [0, 0.1) is 5.82 Å². The van der Waals surface area contributed by atoms with Crippen LogP contribution in [-0.4, -0.2) is 11.5 Å². The molecule has 2 nitrogen and oxygen atoms in total. The fourth-order valence-electron chi connectivity index (χ4n) is 0.694. The summed E-state index contributed by atoms with van der Waals surface area (Å²) < 4.78 is 50.5. The van der Waals surface area contributed by atoms with Gasteiger partial charge in [0.15, 0.2) is 11.5 Å². The van der Waals surface area contributed by atoms with Gasteiger partial charge in [-0.3, -0.25) is 0 Å². The zero-order chi connectivity index (χ0) is 10.1. The molecule has 1 rings (SSSR count). The van der Waals surface area contributed by atoms with Crippen LogP contribution in [0.25, 0.3) is 0 Å². The molecule has 1 N–H and O–H groups in total. The van der Waals surface area contributed by atoms with E-state index in [-0.39, 0.29) is 0 Å². The van der Waals surface area contributed by atoms with Crippen LogP contribution in [0.4, 0.5) is 17.6 Å². The van der Waals surface area contributed by atoms with Crippen molar-refractivity contribution in [3.63, 3.8) is 0 Å². The van der Waals surface area contributed by atoms with Crippen LogP contribution in [0.15, 0.2) is 18.2 Å². The van der Waals surface area contributed by atoms with Gasteiger partial charge in [-0.25, -0.2) is 4.39 Å². The first-order valence-corrected chi connectivity index (χ1v) is 3.13. The number of halogens is 4. The first-order valence-electron chi connectivity index (χ1n) is 3.13. The molecule has 1 aromatic rings. The van der Waals surface area contributed by atoms with Crippen molar-refractivity contribution >= 4 is 0 Å². The third-order valence-corrected chi connectivity index (χ3v) is 1.15. The summed E-state index contributed by atoms with van der Waals surface area (Å²) in [4.78, 5) is 0. The highest BCUT2D eigenvalue weighted by molar-refractivity contribution is 5.38. The number of phenols is 1. The second kappa shape index (κ2) is 3.12. The number of hydrogen-bond donors (Lipinski definition) is 1. The Morgan fingerprint density at radius 2 is 1.85 bits per heavy atom. The van der Waals surface area contributed by atoms with Gasteiger partial charge in [-0.05, 0) is 12.1 Å². The maximum absolute atomic E-state index is 12.4. The van der Waals surface area contributed by atoms with Crippen LogP contribution in [0.5, 0.6) is 11.5 Å². The van der Waals surface area contributed by atoms with E-state index in [2.05, 4.69) is 4.74 Å². The number of benzene rings is 1. The molecule has 0 radical (unpaired) electrons. The molecule has 0 aliphatic rings. The van der Waals surface area contributed by atoms with Gasteiger partial charge in [-0.2, -0.15) is 0 Å². The maximum atomic E-state index is 12.4. The average molecular weight is 196 g/mol. The molecular formula is C7H4F4O2. The lowest BCUT2D eigenvalue weighted by molar-refractivity contribution is -0.275. The molecule has 0 amide bonds. The Hall–Kier alpha value is -1.46. The Bertz CT molecular complexity index is 308. The van der Waals surface area contributed by atoms with Crippen molar-refractivity contribution in [2.24, 2.45) is 0 Å². The molecule has 1 aromatic carbocycles. The van der Waals surface area contributed by atoms with E-state index < -0.39 is 23.7 Å². The van der Waals surface area contributed by atoms with E-state index in [1.807, 2.05) is 0 Å². The zero-order valence-electron chi connectivity index (χ0n) is 6.10. The fourth-order valence-corrected chi connectivity index (χ4v) is 0.694. The normalized spacial score (nSPS) is 11.4. The number of hydrogen-bond acceptors (Lipinski definition) is 2. The van der Waals surface area contributed by atoms with E-state index >= 15 is 0 Å². The lowest BCUT2D eigenvalue weighted by atomic mass is 10.3. The summed E-state index contributed by atoms with van der Waals surface area (Å²) in [6.07, 6.45) is -4.94. The Morgan fingerprint density at radius 1 is 1.23 bits per heavy atom. The average Bonchev–Trinajstić information content (AvgIpc) is 1.94. The molecule has 0 saturated carbocycles. The molecule has 0 fully saturated rings. The zero-order valence-corrected chi connectivity index (χ0v) is 6.10. The summed E-state index contributed by atoms with van der Waals surface area (Å²) in [5, 5.41) is 8.81. The number of phenolic OH excluding ortho intramolecular Hbond substituents is 1. The van der Waals surface area contributed by atoms with Gasteiger partial charge in [-0.1, -0.05) is 0 Å². The van der Waals surface area contributed by atoms with Crippen molar-refractivity contribution in [3.8, 4) is 11.5 Å². The lowest BCUT2D eigenvalue weighted by Gasteiger charge is -2.09. The fraction of sp³-hybridized carbons (Fsp3) is 0.143. The van der Waals surface area contributed by atoms with E-state index in [0.717, 1.165) is 12.1 Å². The maximum Gasteiger partial charge on any atom is 0.573 e.